The molecule has 1 heterocycles. The zero-order valence-electron chi connectivity index (χ0n) is 48.8. The van der Waals surface area contributed by atoms with Crippen LogP contribution in [0.25, 0.3) is 22.3 Å². The number of hydrogen-bond donors (Lipinski definition) is 0. The molecular formula is C75H81N. The molecule has 2 spiro atoms. The van der Waals surface area contributed by atoms with Crippen molar-refractivity contribution in [1.82, 2.24) is 0 Å². The molecule has 12 rings (SSSR count). The molecule has 1 nitrogen and oxygen atoms in total. The highest BCUT2D eigenvalue weighted by molar-refractivity contribution is 5.89. The van der Waals surface area contributed by atoms with Crippen LogP contribution in [0.1, 0.15) is 157 Å². The Labute approximate surface area is 456 Å². The fraction of sp³-hybridized carbons (Fsp3) is 0.360. The van der Waals surface area contributed by atoms with E-state index < -0.39 is 0 Å². The van der Waals surface area contributed by atoms with E-state index in [4.69, 9.17) is 0 Å². The lowest BCUT2D eigenvalue weighted by atomic mass is 9.48. The van der Waals surface area contributed by atoms with E-state index in [0.29, 0.717) is 0 Å². The highest BCUT2D eigenvalue weighted by atomic mass is 15.2. The van der Waals surface area contributed by atoms with Crippen molar-refractivity contribution in [3.8, 4) is 22.3 Å². The molecule has 7 aromatic carbocycles. The van der Waals surface area contributed by atoms with E-state index in [-0.39, 0.29) is 48.7 Å². The van der Waals surface area contributed by atoms with Crippen molar-refractivity contribution < 1.29 is 0 Å². The van der Waals surface area contributed by atoms with Crippen LogP contribution >= 0.6 is 0 Å². The predicted octanol–water partition coefficient (Wildman–Crippen LogP) is 20.4. The Balaban J connectivity index is 0.902. The Morgan fingerprint density at radius 3 is 1.26 bits per heavy atom. The highest BCUT2D eigenvalue weighted by Crippen LogP contribution is 2.75. The third-order valence-electron chi connectivity index (χ3n) is 23.2. The zero-order valence-corrected chi connectivity index (χ0v) is 48.8. The lowest BCUT2D eigenvalue weighted by Gasteiger charge is -2.57. The van der Waals surface area contributed by atoms with Gasteiger partial charge in [0.15, 0.2) is 0 Å². The first-order chi connectivity index (χ1) is 35.8. The lowest BCUT2D eigenvalue weighted by Crippen LogP contribution is -2.52. The minimum Gasteiger partial charge on any atom is -0.310 e. The summed E-state index contributed by atoms with van der Waals surface area (Å²) in [5.41, 5.74) is 26.6. The highest BCUT2D eigenvalue weighted by Gasteiger charge is 2.68. The Morgan fingerprint density at radius 2 is 0.724 bits per heavy atom. The fourth-order valence-electron chi connectivity index (χ4n) is 18.9. The van der Waals surface area contributed by atoms with Gasteiger partial charge in [-0.2, -0.15) is 0 Å². The SMILES string of the molecule is CC1=C(C)C(C)(C)C(c2ccccc2)(c2ccc(-c3ccc4c(c3)-c3ccccc3C43C(C)(C)C(C)=C(Cc4ccc(N5c6ccccc6C6(c7ccccc75)C(C)(C)C(C)=C(C)C6(C)C)cc4)C3(C)C)cc2)C1(C)C. The molecule has 76 heavy (non-hydrogen) atoms. The number of nitrogens with zero attached hydrogens (tertiary/aromatic N) is 1. The van der Waals surface area contributed by atoms with Crippen LogP contribution in [0.2, 0.25) is 0 Å². The first-order valence-electron chi connectivity index (χ1n) is 28.4. The summed E-state index contributed by atoms with van der Waals surface area (Å²) in [6.45, 7) is 42.0. The quantitative estimate of drug-likeness (QED) is 0.150. The van der Waals surface area contributed by atoms with Crippen molar-refractivity contribution in [2.45, 2.75) is 140 Å². The van der Waals surface area contributed by atoms with Crippen molar-refractivity contribution in [2.24, 2.45) is 32.5 Å². The normalized spacial score (nSPS) is 23.0. The van der Waals surface area contributed by atoms with Crippen molar-refractivity contribution in [1.29, 1.82) is 0 Å². The van der Waals surface area contributed by atoms with Gasteiger partial charge in [-0.1, -0.05) is 256 Å². The summed E-state index contributed by atoms with van der Waals surface area (Å²) in [5, 5.41) is 0. The molecule has 0 fully saturated rings. The third-order valence-corrected chi connectivity index (χ3v) is 23.2. The minimum atomic E-state index is -0.261. The molecule has 0 saturated carbocycles. The number of rotatable bonds is 6. The van der Waals surface area contributed by atoms with E-state index in [9.17, 15) is 0 Å². The average Bonchev–Trinajstić information content (AvgIpc) is 3.90. The summed E-state index contributed by atoms with van der Waals surface area (Å²) in [5.74, 6) is 0. The topological polar surface area (TPSA) is 3.24 Å². The third kappa shape index (κ3) is 5.68. The van der Waals surface area contributed by atoms with Crippen LogP contribution < -0.4 is 4.90 Å². The first-order valence-corrected chi connectivity index (χ1v) is 28.4. The van der Waals surface area contributed by atoms with Crippen LogP contribution in [0, 0.1) is 32.5 Å². The second-order valence-corrected chi connectivity index (χ2v) is 27.1. The van der Waals surface area contributed by atoms with Gasteiger partial charge in [0.05, 0.1) is 11.4 Å². The van der Waals surface area contributed by atoms with Crippen LogP contribution in [0.4, 0.5) is 17.1 Å². The standard InChI is InChI=1S/C75H81N/c1-47-48(2)68(8,9)73(67(47,6)7,55-27-19-18-20-28-55)56-40-37-53(38-41-56)54-39-44-61-59(46-54)58-29-21-22-30-60(58)74(61)71(14,15)51(5)64(72(74,16)17)45-52-35-42-57(43-36-52)76-65-33-25-23-31-62(65)75(63-32-24-26-34-66(63)76)69(10,11)49(3)50(4)70(75,12)13/h18-44,46H,45H2,1-17H3. The number of fused-ring (bicyclic) bond motifs is 9. The number of anilines is 3. The molecule has 7 aromatic rings. The minimum absolute atomic E-state index is 0.0806. The van der Waals surface area contributed by atoms with E-state index in [1.54, 1.807) is 5.57 Å². The largest absolute Gasteiger partial charge is 0.310 e. The van der Waals surface area contributed by atoms with Crippen LogP contribution in [-0.4, -0.2) is 0 Å². The maximum absolute atomic E-state index is 2.56. The van der Waals surface area contributed by atoms with E-state index in [1.807, 2.05) is 0 Å². The molecule has 1 heteroatoms. The Kier molecular flexibility index (Phi) is 10.7. The summed E-state index contributed by atoms with van der Waals surface area (Å²) in [7, 11) is 0. The first kappa shape index (κ1) is 50.4. The average molecular weight is 996 g/mol. The summed E-state index contributed by atoms with van der Waals surface area (Å²) in [4.78, 5) is 2.55. The van der Waals surface area contributed by atoms with Crippen LogP contribution in [0.3, 0.4) is 0 Å². The monoisotopic (exact) mass is 996 g/mol. The second kappa shape index (κ2) is 16.1. The van der Waals surface area contributed by atoms with Gasteiger partial charge in [0.2, 0.25) is 0 Å². The molecule has 1 atom stereocenters. The van der Waals surface area contributed by atoms with Crippen molar-refractivity contribution in [3.05, 3.63) is 242 Å². The molecule has 0 bridgehead atoms. The van der Waals surface area contributed by atoms with Gasteiger partial charge in [-0.15, -0.1) is 0 Å². The number of hydrogen-bond acceptors (Lipinski definition) is 1. The van der Waals surface area contributed by atoms with Crippen molar-refractivity contribution in [2.75, 3.05) is 4.90 Å². The molecule has 1 unspecified atom stereocenters. The zero-order chi connectivity index (χ0) is 54.1. The summed E-state index contributed by atoms with van der Waals surface area (Å²) in [6, 6.07) is 66.0. The maximum atomic E-state index is 2.56. The second-order valence-electron chi connectivity index (χ2n) is 27.1. The maximum Gasteiger partial charge on any atom is 0.0503 e. The van der Waals surface area contributed by atoms with Crippen molar-refractivity contribution in [3.63, 3.8) is 0 Å². The van der Waals surface area contributed by atoms with E-state index in [0.717, 1.165) is 6.42 Å². The molecule has 1 aliphatic heterocycles. The van der Waals surface area contributed by atoms with Crippen molar-refractivity contribution >= 4 is 17.1 Å². The summed E-state index contributed by atoms with van der Waals surface area (Å²) < 4.78 is 0. The fourth-order valence-corrected chi connectivity index (χ4v) is 18.9. The smallest absolute Gasteiger partial charge is 0.0503 e. The molecule has 386 valence electrons. The molecule has 0 amide bonds. The molecule has 4 aliphatic carbocycles. The molecule has 0 saturated heterocycles. The molecular weight excluding hydrogens is 915 g/mol. The molecule has 5 aliphatic rings. The van der Waals surface area contributed by atoms with E-state index in [1.165, 1.54) is 106 Å². The van der Waals surface area contributed by atoms with Gasteiger partial charge < -0.3 is 4.90 Å². The van der Waals surface area contributed by atoms with Gasteiger partial charge in [-0.25, -0.2) is 0 Å². The van der Waals surface area contributed by atoms with E-state index in [2.05, 4.69) is 292 Å². The van der Waals surface area contributed by atoms with Gasteiger partial charge in [-0.3, -0.25) is 0 Å². The van der Waals surface area contributed by atoms with Crippen LogP contribution in [-0.2, 0) is 22.7 Å². The number of para-hydroxylation sites is 2. The Hall–Kier alpha value is -6.44. The number of allylic oxidation sites excluding steroid dienone is 6. The van der Waals surface area contributed by atoms with Gasteiger partial charge in [0.1, 0.15) is 0 Å². The molecule has 0 aromatic heterocycles. The Bertz CT molecular complexity index is 3550. The van der Waals surface area contributed by atoms with Crippen LogP contribution in [0.5, 0.6) is 0 Å². The van der Waals surface area contributed by atoms with Gasteiger partial charge in [0, 0.05) is 54.4 Å². The molecule has 0 N–H and O–H groups in total. The van der Waals surface area contributed by atoms with Crippen LogP contribution in [0.15, 0.2) is 203 Å². The summed E-state index contributed by atoms with van der Waals surface area (Å²) >= 11 is 0. The van der Waals surface area contributed by atoms with Gasteiger partial charge in [0.25, 0.3) is 0 Å². The number of benzene rings is 7. The molecule has 0 radical (unpaired) electrons. The van der Waals surface area contributed by atoms with Gasteiger partial charge in [-0.05, 0) is 133 Å². The summed E-state index contributed by atoms with van der Waals surface area (Å²) in [6.07, 6.45) is 0.905. The van der Waals surface area contributed by atoms with E-state index >= 15 is 0 Å². The Morgan fingerprint density at radius 1 is 0.316 bits per heavy atom. The predicted molar refractivity (Wildman–Crippen MR) is 323 cm³/mol. The lowest BCUT2D eigenvalue weighted by molar-refractivity contribution is 0.154. The van der Waals surface area contributed by atoms with Gasteiger partial charge >= 0.3 is 0 Å².